The Hall–Kier alpha value is -2.24. The molecule has 1 fully saturated rings. The molecule has 0 spiro atoms. The molecule has 0 radical (unpaired) electrons. The summed E-state index contributed by atoms with van der Waals surface area (Å²) in [5, 5.41) is 2.97. The fourth-order valence-electron chi connectivity index (χ4n) is 2.62. The van der Waals surface area contributed by atoms with Crippen LogP contribution in [0.3, 0.4) is 0 Å². The van der Waals surface area contributed by atoms with E-state index in [-0.39, 0.29) is 24.1 Å². The molecule has 0 bridgehead atoms. The fourth-order valence-corrected chi connectivity index (χ4v) is 2.62. The Bertz CT molecular complexity index is 689. The van der Waals surface area contributed by atoms with Crippen LogP contribution in [0, 0.1) is 0 Å². The number of carbonyl (C=O) groups is 1. The number of hydrogen-bond acceptors (Lipinski definition) is 4. The Labute approximate surface area is 115 Å². The molecule has 6 heteroatoms. The molecular formula is C14H16N4O2. The van der Waals surface area contributed by atoms with Gasteiger partial charge in [0, 0.05) is 24.6 Å². The molecule has 0 aromatic carbocycles. The number of amides is 1. The average Bonchev–Trinajstić information content (AvgIpc) is 2.95. The Morgan fingerprint density at radius 1 is 1.30 bits per heavy atom. The van der Waals surface area contributed by atoms with Crippen LogP contribution in [0.4, 0.5) is 0 Å². The van der Waals surface area contributed by atoms with Crippen molar-refractivity contribution in [2.75, 3.05) is 0 Å². The zero-order valence-electron chi connectivity index (χ0n) is 11.1. The average molecular weight is 272 g/mol. The van der Waals surface area contributed by atoms with E-state index in [4.69, 9.17) is 0 Å². The van der Waals surface area contributed by atoms with Crippen LogP contribution in [0.2, 0.25) is 0 Å². The van der Waals surface area contributed by atoms with Crippen LogP contribution in [0.25, 0.3) is 11.0 Å². The van der Waals surface area contributed by atoms with E-state index in [9.17, 15) is 9.59 Å². The molecule has 0 unspecified atom stereocenters. The molecule has 2 aromatic heterocycles. The van der Waals surface area contributed by atoms with Gasteiger partial charge in [0.1, 0.15) is 6.54 Å². The van der Waals surface area contributed by atoms with Crippen LogP contribution in [-0.2, 0) is 11.3 Å². The molecule has 0 saturated heterocycles. The van der Waals surface area contributed by atoms with Crippen LogP contribution in [0.1, 0.15) is 25.7 Å². The van der Waals surface area contributed by atoms with Gasteiger partial charge < -0.3 is 9.88 Å². The third-order valence-electron chi connectivity index (χ3n) is 3.64. The van der Waals surface area contributed by atoms with Crippen LogP contribution in [0.15, 0.2) is 29.5 Å². The summed E-state index contributed by atoms with van der Waals surface area (Å²) in [5.41, 5.74) is 0.561. The lowest BCUT2D eigenvalue weighted by molar-refractivity contribution is -0.122. The lowest BCUT2D eigenvalue weighted by Crippen LogP contribution is -2.37. The summed E-state index contributed by atoms with van der Waals surface area (Å²) in [6.45, 7) is 0.0296. The second-order valence-electron chi connectivity index (χ2n) is 5.09. The minimum absolute atomic E-state index is 0.0296. The van der Waals surface area contributed by atoms with E-state index < -0.39 is 0 Å². The predicted molar refractivity (Wildman–Crippen MR) is 74.2 cm³/mol. The summed E-state index contributed by atoms with van der Waals surface area (Å²) in [7, 11) is 0. The van der Waals surface area contributed by atoms with Gasteiger partial charge in [0.25, 0.3) is 5.56 Å². The third kappa shape index (κ3) is 2.54. The third-order valence-corrected chi connectivity index (χ3v) is 3.64. The first-order valence-corrected chi connectivity index (χ1v) is 6.83. The summed E-state index contributed by atoms with van der Waals surface area (Å²) in [6, 6.07) is 1.96. The van der Waals surface area contributed by atoms with Gasteiger partial charge in [-0.2, -0.15) is 0 Å². The first kappa shape index (κ1) is 12.8. The fraction of sp³-hybridized carbons (Fsp3) is 0.429. The highest BCUT2D eigenvalue weighted by Gasteiger charge is 2.17. The maximum atomic E-state index is 12.2. The molecule has 1 aliphatic carbocycles. The van der Waals surface area contributed by atoms with Crippen molar-refractivity contribution in [3.8, 4) is 0 Å². The van der Waals surface area contributed by atoms with E-state index in [2.05, 4.69) is 15.3 Å². The normalized spacial score (nSPS) is 15.6. The molecule has 1 N–H and O–H groups in total. The molecule has 1 saturated carbocycles. The number of nitrogens with one attached hydrogen (secondary N) is 1. The molecule has 0 aliphatic heterocycles. The standard InChI is InChI=1S/C14H16N4O2/c19-12(17-10-3-1-2-4-10)9-18-8-5-11-13(14(18)20)16-7-6-15-11/h5-8,10H,1-4,9H2,(H,17,19). The zero-order chi connectivity index (χ0) is 13.9. The van der Waals surface area contributed by atoms with E-state index in [1.165, 1.54) is 10.8 Å². The highest BCUT2D eigenvalue weighted by atomic mass is 16.2. The molecule has 2 heterocycles. The quantitative estimate of drug-likeness (QED) is 0.898. The van der Waals surface area contributed by atoms with Gasteiger partial charge in [-0.25, -0.2) is 4.98 Å². The zero-order valence-corrected chi connectivity index (χ0v) is 11.1. The van der Waals surface area contributed by atoms with Crippen LogP contribution in [-0.4, -0.2) is 26.5 Å². The Kier molecular flexibility index (Phi) is 3.45. The van der Waals surface area contributed by atoms with Gasteiger partial charge >= 0.3 is 0 Å². The molecule has 6 nitrogen and oxygen atoms in total. The number of nitrogens with zero attached hydrogens (tertiary/aromatic N) is 3. The van der Waals surface area contributed by atoms with Gasteiger partial charge in [0.05, 0.1) is 5.52 Å². The monoisotopic (exact) mass is 272 g/mol. The minimum Gasteiger partial charge on any atom is -0.352 e. The molecule has 104 valence electrons. The number of pyridine rings is 1. The van der Waals surface area contributed by atoms with E-state index in [1.54, 1.807) is 18.5 Å². The summed E-state index contributed by atoms with van der Waals surface area (Å²) >= 11 is 0. The van der Waals surface area contributed by atoms with Crippen molar-refractivity contribution in [2.45, 2.75) is 38.3 Å². The number of hydrogen-bond donors (Lipinski definition) is 1. The van der Waals surface area contributed by atoms with Crippen LogP contribution < -0.4 is 10.9 Å². The Balaban J connectivity index is 1.78. The molecule has 0 atom stereocenters. The molecule has 2 aromatic rings. The molecule has 20 heavy (non-hydrogen) atoms. The number of aromatic nitrogens is 3. The summed E-state index contributed by atoms with van der Waals surface area (Å²) < 4.78 is 1.38. The topological polar surface area (TPSA) is 76.9 Å². The molecule has 3 rings (SSSR count). The first-order chi connectivity index (χ1) is 9.74. The van der Waals surface area contributed by atoms with Gasteiger partial charge in [-0.15, -0.1) is 0 Å². The maximum Gasteiger partial charge on any atom is 0.279 e. The van der Waals surface area contributed by atoms with Crippen molar-refractivity contribution in [3.05, 3.63) is 35.0 Å². The van der Waals surface area contributed by atoms with Crippen molar-refractivity contribution in [2.24, 2.45) is 0 Å². The second-order valence-corrected chi connectivity index (χ2v) is 5.09. The Morgan fingerprint density at radius 2 is 2.05 bits per heavy atom. The van der Waals surface area contributed by atoms with Gasteiger partial charge in [-0.1, -0.05) is 12.8 Å². The molecular weight excluding hydrogens is 256 g/mol. The maximum absolute atomic E-state index is 12.2. The second kappa shape index (κ2) is 5.40. The van der Waals surface area contributed by atoms with Crippen molar-refractivity contribution >= 4 is 16.9 Å². The van der Waals surface area contributed by atoms with E-state index in [0.717, 1.165) is 25.7 Å². The molecule has 1 aliphatic rings. The molecule has 1 amide bonds. The van der Waals surface area contributed by atoms with E-state index in [0.29, 0.717) is 11.0 Å². The highest BCUT2D eigenvalue weighted by Crippen LogP contribution is 2.17. The Morgan fingerprint density at radius 3 is 2.85 bits per heavy atom. The SMILES string of the molecule is O=C(Cn1ccc2nccnc2c1=O)NC1CCCC1. The van der Waals surface area contributed by atoms with E-state index in [1.807, 2.05) is 0 Å². The highest BCUT2D eigenvalue weighted by molar-refractivity contribution is 5.77. The summed E-state index contributed by atoms with van der Waals surface area (Å²) in [4.78, 5) is 32.2. The van der Waals surface area contributed by atoms with Gasteiger partial charge in [0.15, 0.2) is 5.52 Å². The van der Waals surface area contributed by atoms with Crippen molar-refractivity contribution in [1.82, 2.24) is 19.9 Å². The predicted octanol–water partition coefficient (Wildman–Crippen LogP) is 0.850. The van der Waals surface area contributed by atoms with Gasteiger partial charge in [-0.05, 0) is 18.9 Å². The lowest BCUT2D eigenvalue weighted by atomic mass is 10.2. The van der Waals surface area contributed by atoms with Crippen molar-refractivity contribution in [1.29, 1.82) is 0 Å². The largest absolute Gasteiger partial charge is 0.352 e. The van der Waals surface area contributed by atoms with E-state index >= 15 is 0 Å². The van der Waals surface area contributed by atoms with Gasteiger partial charge in [0.2, 0.25) is 5.91 Å². The number of rotatable bonds is 3. The smallest absolute Gasteiger partial charge is 0.279 e. The summed E-state index contributed by atoms with van der Waals surface area (Å²) in [6.07, 6.45) is 9.00. The number of fused-ring (bicyclic) bond motifs is 1. The van der Waals surface area contributed by atoms with Crippen LogP contribution >= 0.6 is 0 Å². The lowest BCUT2D eigenvalue weighted by Gasteiger charge is -2.12. The summed E-state index contributed by atoms with van der Waals surface area (Å²) in [5.74, 6) is -0.123. The van der Waals surface area contributed by atoms with Crippen molar-refractivity contribution in [3.63, 3.8) is 0 Å². The van der Waals surface area contributed by atoms with Crippen molar-refractivity contribution < 1.29 is 4.79 Å². The van der Waals surface area contributed by atoms with Crippen LogP contribution in [0.5, 0.6) is 0 Å². The number of carbonyl (C=O) groups excluding carboxylic acids is 1. The minimum atomic E-state index is -0.280. The van der Waals surface area contributed by atoms with Gasteiger partial charge in [-0.3, -0.25) is 14.6 Å². The first-order valence-electron chi connectivity index (χ1n) is 6.83.